The van der Waals surface area contributed by atoms with E-state index in [2.05, 4.69) is 20.8 Å². The molecular formula is C24H22F6N4O2S. The van der Waals surface area contributed by atoms with Crippen LogP contribution in [0.5, 0.6) is 0 Å². The summed E-state index contributed by atoms with van der Waals surface area (Å²) in [7, 11) is 0. The molecule has 13 heteroatoms. The van der Waals surface area contributed by atoms with Gasteiger partial charge in [0.2, 0.25) is 11.0 Å². The molecule has 0 saturated heterocycles. The van der Waals surface area contributed by atoms with Crippen molar-refractivity contribution in [3.8, 4) is 10.6 Å². The minimum Gasteiger partial charge on any atom is -0.340 e. The Labute approximate surface area is 212 Å². The standard InChI is InChI=1S/C24H22F6N4O2S/c1-4-13(3)18(20(36)32-22-34-33-21(37-22)14-7-5-12(2)6-8-14)31-19(35)15-9-16(23(25,26)27)11-17(10-15)24(28,29)30/h5-11,13,18H,4H2,1-3H3,(H,31,35)(H,32,34,36)/t13-,18-/m1/s1. The van der Waals surface area contributed by atoms with E-state index < -0.39 is 52.8 Å². The minimum absolute atomic E-state index is 0.0727. The molecule has 0 spiro atoms. The number of nitrogens with zero attached hydrogens (tertiary/aromatic N) is 2. The van der Waals surface area contributed by atoms with Gasteiger partial charge in [-0.15, -0.1) is 10.2 Å². The van der Waals surface area contributed by atoms with Gasteiger partial charge in [-0.3, -0.25) is 14.9 Å². The first-order valence-corrected chi connectivity index (χ1v) is 11.8. The fourth-order valence-electron chi connectivity index (χ4n) is 3.28. The molecule has 0 radical (unpaired) electrons. The number of carbonyl (C=O) groups is 2. The molecule has 0 aliphatic heterocycles. The number of alkyl halides is 6. The summed E-state index contributed by atoms with van der Waals surface area (Å²) < 4.78 is 79.1. The number of aryl methyl sites for hydroxylation is 1. The monoisotopic (exact) mass is 544 g/mol. The molecule has 37 heavy (non-hydrogen) atoms. The zero-order valence-corrected chi connectivity index (χ0v) is 20.6. The molecular weight excluding hydrogens is 522 g/mol. The quantitative estimate of drug-likeness (QED) is 0.341. The summed E-state index contributed by atoms with van der Waals surface area (Å²) in [5.74, 6) is -2.51. The van der Waals surface area contributed by atoms with E-state index in [-0.39, 0.29) is 11.2 Å². The van der Waals surface area contributed by atoms with Crippen molar-refractivity contribution in [3.05, 3.63) is 64.7 Å². The van der Waals surface area contributed by atoms with Gasteiger partial charge in [0, 0.05) is 11.1 Å². The Morgan fingerprint density at radius 1 is 0.946 bits per heavy atom. The lowest BCUT2D eigenvalue weighted by Crippen LogP contribution is -2.47. The van der Waals surface area contributed by atoms with Crippen molar-refractivity contribution in [2.24, 2.45) is 5.92 Å². The fraction of sp³-hybridized carbons (Fsp3) is 0.333. The molecule has 1 heterocycles. The summed E-state index contributed by atoms with van der Waals surface area (Å²) in [5, 5.41) is 13.4. The van der Waals surface area contributed by atoms with E-state index >= 15 is 0 Å². The maximum atomic E-state index is 13.2. The number of hydrogen-bond donors (Lipinski definition) is 2. The minimum atomic E-state index is -5.11. The van der Waals surface area contributed by atoms with Gasteiger partial charge in [-0.2, -0.15) is 26.3 Å². The zero-order valence-electron chi connectivity index (χ0n) is 19.8. The predicted molar refractivity (Wildman–Crippen MR) is 126 cm³/mol. The summed E-state index contributed by atoms with van der Waals surface area (Å²) in [5.41, 5.74) is -2.33. The van der Waals surface area contributed by atoms with Crippen molar-refractivity contribution in [1.29, 1.82) is 0 Å². The zero-order chi connectivity index (χ0) is 27.5. The molecule has 1 aromatic heterocycles. The molecule has 0 saturated carbocycles. The van der Waals surface area contributed by atoms with Crippen LogP contribution >= 0.6 is 11.3 Å². The molecule has 3 rings (SSSR count). The van der Waals surface area contributed by atoms with Crippen molar-refractivity contribution in [2.45, 2.75) is 45.6 Å². The van der Waals surface area contributed by atoms with Crippen molar-refractivity contribution in [3.63, 3.8) is 0 Å². The molecule has 2 atom stereocenters. The van der Waals surface area contributed by atoms with Crippen LogP contribution in [-0.4, -0.2) is 28.1 Å². The second-order valence-electron chi connectivity index (χ2n) is 8.40. The number of halogens is 6. The van der Waals surface area contributed by atoms with Crippen LogP contribution in [0.15, 0.2) is 42.5 Å². The Morgan fingerprint density at radius 3 is 2.03 bits per heavy atom. The van der Waals surface area contributed by atoms with Crippen molar-refractivity contribution < 1.29 is 35.9 Å². The number of amides is 2. The molecule has 0 bridgehead atoms. The second-order valence-corrected chi connectivity index (χ2v) is 9.38. The van der Waals surface area contributed by atoms with Gasteiger partial charge in [0.15, 0.2) is 0 Å². The number of rotatable bonds is 7. The van der Waals surface area contributed by atoms with E-state index in [4.69, 9.17) is 0 Å². The number of carbonyl (C=O) groups excluding carboxylic acids is 2. The summed E-state index contributed by atoms with van der Waals surface area (Å²) in [4.78, 5) is 25.7. The largest absolute Gasteiger partial charge is 0.416 e. The molecule has 0 aliphatic rings. The van der Waals surface area contributed by atoms with Gasteiger partial charge in [0.05, 0.1) is 11.1 Å². The maximum absolute atomic E-state index is 13.2. The lowest BCUT2D eigenvalue weighted by Gasteiger charge is -2.23. The van der Waals surface area contributed by atoms with Crippen LogP contribution in [0, 0.1) is 12.8 Å². The van der Waals surface area contributed by atoms with Gasteiger partial charge in [0.1, 0.15) is 11.0 Å². The van der Waals surface area contributed by atoms with Gasteiger partial charge in [0.25, 0.3) is 5.91 Å². The molecule has 2 amide bonds. The van der Waals surface area contributed by atoms with Crippen LogP contribution in [0.1, 0.15) is 47.3 Å². The number of benzene rings is 2. The molecule has 3 aromatic rings. The van der Waals surface area contributed by atoms with Gasteiger partial charge < -0.3 is 5.32 Å². The van der Waals surface area contributed by atoms with Crippen LogP contribution in [0.2, 0.25) is 0 Å². The third kappa shape index (κ3) is 7.06. The van der Waals surface area contributed by atoms with Gasteiger partial charge >= 0.3 is 12.4 Å². The summed E-state index contributed by atoms with van der Waals surface area (Å²) >= 11 is 1.06. The number of aromatic nitrogens is 2. The highest BCUT2D eigenvalue weighted by Crippen LogP contribution is 2.36. The lowest BCUT2D eigenvalue weighted by molar-refractivity contribution is -0.143. The van der Waals surface area contributed by atoms with Crippen LogP contribution in [0.25, 0.3) is 10.6 Å². The Kier molecular flexibility index (Phi) is 8.25. The van der Waals surface area contributed by atoms with Gasteiger partial charge in [-0.1, -0.05) is 61.4 Å². The topological polar surface area (TPSA) is 84.0 Å². The van der Waals surface area contributed by atoms with Crippen molar-refractivity contribution in [2.75, 3.05) is 5.32 Å². The Morgan fingerprint density at radius 2 is 1.51 bits per heavy atom. The smallest absolute Gasteiger partial charge is 0.340 e. The molecule has 0 fully saturated rings. The predicted octanol–water partition coefficient (Wildman–Crippen LogP) is 6.33. The average molecular weight is 545 g/mol. The molecule has 0 aliphatic carbocycles. The average Bonchev–Trinajstić information content (AvgIpc) is 3.29. The second kappa shape index (κ2) is 10.9. The van der Waals surface area contributed by atoms with E-state index in [1.54, 1.807) is 13.8 Å². The molecule has 2 N–H and O–H groups in total. The van der Waals surface area contributed by atoms with Crippen LogP contribution < -0.4 is 10.6 Å². The maximum Gasteiger partial charge on any atom is 0.416 e. The Hall–Kier alpha value is -3.48. The summed E-state index contributed by atoms with van der Waals surface area (Å²) in [6, 6.07) is 6.69. The summed E-state index contributed by atoms with van der Waals surface area (Å²) in [6.45, 7) is 5.24. The number of anilines is 1. The fourth-order valence-corrected chi connectivity index (χ4v) is 4.03. The van der Waals surface area contributed by atoms with Crippen LogP contribution in [0.4, 0.5) is 31.5 Å². The SMILES string of the molecule is CC[C@@H](C)[C@@H](NC(=O)c1cc(C(F)(F)F)cc(C(F)(F)F)c1)C(=O)Nc1nnc(-c2ccc(C)cc2)s1. The van der Waals surface area contributed by atoms with Crippen LogP contribution in [0.3, 0.4) is 0 Å². The lowest BCUT2D eigenvalue weighted by atomic mass is 9.97. The highest BCUT2D eigenvalue weighted by molar-refractivity contribution is 7.18. The Balaban J connectivity index is 1.84. The Bertz CT molecular complexity index is 1240. The highest BCUT2D eigenvalue weighted by atomic mass is 32.1. The van der Waals surface area contributed by atoms with E-state index in [0.717, 1.165) is 22.5 Å². The summed E-state index contributed by atoms with van der Waals surface area (Å²) in [6.07, 6.45) is -9.85. The highest BCUT2D eigenvalue weighted by Gasteiger charge is 2.38. The molecule has 198 valence electrons. The first-order valence-electron chi connectivity index (χ1n) is 11.0. The van der Waals surface area contributed by atoms with E-state index in [1.165, 1.54) is 0 Å². The molecule has 0 unspecified atom stereocenters. The van der Waals surface area contributed by atoms with E-state index in [1.807, 2.05) is 31.2 Å². The van der Waals surface area contributed by atoms with E-state index in [9.17, 15) is 35.9 Å². The van der Waals surface area contributed by atoms with E-state index in [0.29, 0.717) is 23.6 Å². The van der Waals surface area contributed by atoms with Gasteiger partial charge in [-0.25, -0.2) is 0 Å². The van der Waals surface area contributed by atoms with Crippen LogP contribution in [-0.2, 0) is 17.1 Å². The number of hydrogen-bond acceptors (Lipinski definition) is 5. The molecule has 2 aromatic carbocycles. The first-order chi connectivity index (χ1) is 17.2. The number of nitrogens with one attached hydrogen (secondary N) is 2. The van der Waals surface area contributed by atoms with Crippen molar-refractivity contribution in [1.82, 2.24) is 15.5 Å². The van der Waals surface area contributed by atoms with Gasteiger partial charge in [-0.05, 0) is 31.0 Å². The third-order valence-corrected chi connectivity index (χ3v) is 6.47. The first kappa shape index (κ1) is 28.1. The van der Waals surface area contributed by atoms with Crippen molar-refractivity contribution >= 4 is 28.3 Å². The third-order valence-electron chi connectivity index (χ3n) is 5.59. The molecule has 6 nitrogen and oxygen atoms in total. The normalized spacial score (nSPS) is 13.6.